The van der Waals surface area contributed by atoms with Gasteiger partial charge in [0, 0.05) is 30.7 Å². The third kappa shape index (κ3) is 32.3. The molecular weight excluding hydrogens is 1980 g/mol. The molecular formula is C91H102F6N13O31P3. The summed E-state index contributed by atoms with van der Waals surface area (Å²) in [5.74, 6) is -14.2. The minimum Gasteiger partial charge on any atom is -0.460 e. The van der Waals surface area contributed by atoms with Gasteiger partial charge in [-0.25, -0.2) is 37.7 Å². The summed E-state index contributed by atoms with van der Waals surface area (Å²) < 4.78 is 218. The molecule has 10 aromatic rings. The Kier molecular flexibility index (Phi) is 38.4. The van der Waals surface area contributed by atoms with E-state index in [1.165, 1.54) is 111 Å². The number of rotatable bonds is 36. The highest BCUT2D eigenvalue weighted by Gasteiger charge is 2.65. The van der Waals surface area contributed by atoms with Crippen molar-refractivity contribution in [1.82, 2.24) is 43.9 Å². The van der Waals surface area contributed by atoms with Gasteiger partial charge in [0.1, 0.15) is 108 Å². The van der Waals surface area contributed by atoms with E-state index in [0.29, 0.717) is 19.3 Å². The number of hydrogen-bond acceptors (Lipinski definition) is 37. The smallest absolute Gasteiger partial charge is 0.460 e. The molecule has 0 radical (unpaired) electrons. The van der Waals surface area contributed by atoms with Crippen LogP contribution >= 0.6 is 23.2 Å². The average molecular weight is 2080 g/mol. The minimum atomic E-state index is -4.59. The molecule has 11 N–H and O–H groups in total. The van der Waals surface area contributed by atoms with E-state index in [-0.39, 0.29) is 66.0 Å². The molecule has 0 amide bonds. The Hall–Kier alpha value is -14.0. The zero-order chi connectivity index (χ0) is 105. The van der Waals surface area contributed by atoms with Crippen molar-refractivity contribution >= 4 is 76.6 Å². The number of benzene rings is 7. The Morgan fingerprint density at radius 1 is 0.438 bits per heavy atom. The van der Waals surface area contributed by atoms with Crippen molar-refractivity contribution in [1.29, 1.82) is 0 Å². The van der Waals surface area contributed by atoms with Crippen LogP contribution in [0.25, 0.3) is 0 Å². The first-order chi connectivity index (χ1) is 67.8. The van der Waals surface area contributed by atoms with Gasteiger partial charge in [-0.2, -0.15) is 56.6 Å². The number of carbonyl (C=O) groups excluding carboxylic acids is 5. The molecule has 3 aliphatic heterocycles. The summed E-state index contributed by atoms with van der Waals surface area (Å²) in [4.78, 5) is 119. The third-order valence-electron chi connectivity index (χ3n) is 19.6. The van der Waals surface area contributed by atoms with E-state index < -0.39 is 198 Å². The summed E-state index contributed by atoms with van der Waals surface area (Å²) >= 11 is 0. The number of nitrogen functional groups attached to an aromatic ring is 3. The number of nitrogens with one attached hydrogen (secondary N) is 3. The normalized spacial score (nSPS) is 20.4. The van der Waals surface area contributed by atoms with Crippen LogP contribution in [0.5, 0.6) is 23.0 Å². The molecule has 0 bridgehead atoms. The fourth-order valence-corrected chi connectivity index (χ4v) is 17.4. The van der Waals surface area contributed by atoms with Crippen LogP contribution in [0.15, 0.2) is 257 Å². The molecule has 6 heterocycles. The predicted octanol–water partition coefficient (Wildman–Crippen LogP) is 12.8. The zero-order valence-electron chi connectivity index (χ0n) is 78.0. The number of aliphatic hydroxyl groups excluding tert-OH is 2. The lowest BCUT2D eigenvalue weighted by Gasteiger charge is -2.27. The second kappa shape index (κ2) is 49.3. The maximum Gasteiger partial charge on any atom is 0.513 e. The summed E-state index contributed by atoms with van der Waals surface area (Å²) in [6.45, 7) is 10.5. The Morgan fingerprint density at radius 2 is 0.715 bits per heavy atom. The lowest BCUT2D eigenvalue weighted by Crippen LogP contribution is -2.45. The first-order valence-corrected chi connectivity index (χ1v) is 47.9. The SMILES string of the molecule is CC(C)(C)OC(=O)O[C@@H]1[C@@H](CO)O[C@@H](n2ccc(N)nc2=O)C1(F)F.C[C@H](N[P@](=O)(OC[C@H]1O[C@@H](n2ccc(N)nc2=O)C(F)(F)C1OC(=O)OC(C)(C)C)Oc1ccccc1)C(=O)OCc1ccccc1.C[C@H](N[P@](=O)(OC[C@H]1O[C@@H](n2ccc(N)nc2=O)C(F)(F)[C@@H]1O)Oc1ccccc1)C(=O)OCc1ccccc1.C[C@H](N[P@](=O)(Oc1ccccc1)Oc1ccc([N+](=O)[O-])cc1)C(=O)OCc1ccccc1. The van der Waals surface area contributed by atoms with Gasteiger partial charge in [0.25, 0.3) is 5.69 Å². The Balaban J connectivity index is 0.000000202. The molecule has 144 heavy (non-hydrogen) atoms. The highest BCUT2D eigenvalue weighted by molar-refractivity contribution is 7.53. The molecule has 44 nitrogen and oxygen atoms in total. The second-order valence-electron chi connectivity index (χ2n) is 33.3. The van der Waals surface area contributed by atoms with Gasteiger partial charge in [-0.1, -0.05) is 146 Å². The monoisotopic (exact) mass is 2080 g/mol. The number of hydrogen-bond donors (Lipinski definition) is 8. The number of ether oxygens (including phenoxy) is 10. The number of nitrogens with zero attached hydrogens (tertiary/aromatic N) is 7. The number of alkyl halides is 6. The van der Waals surface area contributed by atoms with Crippen molar-refractivity contribution in [2.45, 2.75) is 185 Å². The number of non-ortho nitro benzene ring substituents is 1. The summed E-state index contributed by atoms with van der Waals surface area (Å²) in [5.41, 5.74) is 12.9. The number of nitro benzene ring substituents is 1. The van der Waals surface area contributed by atoms with E-state index in [1.807, 2.05) is 30.3 Å². The van der Waals surface area contributed by atoms with Crippen LogP contribution in [-0.4, -0.2) is 178 Å². The molecule has 3 saturated heterocycles. The van der Waals surface area contributed by atoms with Gasteiger partial charge in [-0.15, -0.1) is 0 Å². The fraction of sp³-hybridized carbons (Fsp3) is 0.352. The van der Waals surface area contributed by atoms with Gasteiger partial charge in [-0.3, -0.25) is 47.2 Å². The molecule has 3 fully saturated rings. The number of carbonyl (C=O) groups is 5. The fourth-order valence-electron chi connectivity index (χ4n) is 12.8. The van der Waals surface area contributed by atoms with Crippen LogP contribution in [0.4, 0.5) is 59.1 Å². The van der Waals surface area contributed by atoms with E-state index >= 15 is 8.78 Å². The van der Waals surface area contributed by atoms with Crippen molar-refractivity contribution in [3.05, 3.63) is 301 Å². The van der Waals surface area contributed by atoms with Gasteiger partial charge < -0.3 is 92.9 Å². The number of aliphatic hydroxyl groups is 2. The molecule has 774 valence electrons. The van der Waals surface area contributed by atoms with Crippen LogP contribution in [0, 0.1) is 10.1 Å². The first-order valence-electron chi connectivity index (χ1n) is 43.3. The predicted molar refractivity (Wildman–Crippen MR) is 497 cm³/mol. The maximum atomic E-state index is 15.9. The average Bonchev–Trinajstić information content (AvgIpc) is 1.62. The molecule has 0 aliphatic carbocycles. The summed E-state index contributed by atoms with van der Waals surface area (Å²) in [5, 5.41) is 37.9. The first kappa shape index (κ1) is 112. The minimum absolute atomic E-state index is 0.0461. The number of halogens is 6. The van der Waals surface area contributed by atoms with Gasteiger partial charge in [0.2, 0.25) is 30.9 Å². The Morgan fingerprint density at radius 3 is 1.03 bits per heavy atom. The molecule has 3 aromatic heterocycles. The van der Waals surface area contributed by atoms with Gasteiger partial charge in [0.05, 0.1) is 24.7 Å². The molecule has 7 aromatic carbocycles. The number of aromatic nitrogens is 6. The quantitative estimate of drug-likeness (QED) is 0.00451. The molecule has 1 unspecified atom stereocenters. The topological polar surface area (TPSA) is 587 Å². The lowest BCUT2D eigenvalue weighted by molar-refractivity contribution is -0.384. The third-order valence-corrected chi connectivity index (χ3v) is 24.5. The van der Waals surface area contributed by atoms with E-state index in [0.717, 1.165) is 47.9 Å². The summed E-state index contributed by atoms with van der Waals surface area (Å²) in [6, 6.07) is 55.3. The summed E-state index contributed by atoms with van der Waals surface area (Å²) in [7, 11) is -13.2. The molecule has 13 rings (SSSR count). The van der Waals surface area contributed by atoms with Crippen molar-refractivity contribution in [3.8, 4) is 23.0 Å². The van der Waals surface area contributed by atoms with E-state index in [2.05, 4.69) is 35.0 Å². The molecule has 0 saturated carbocycles. The number of nitrogens with two attached hydrogens (primary N) is 3. The van der Waals surface area contributed by atoms with Crippen molar-refractivity contribution in [2.24, 2.45) is 0 Å². The van der Waals surface area contributed by atoms with Crippen molar-refractivity contribution < 1.29 is 154 Å². The standard InChI is InChI=1S/C30H35F2N4O10P.C25H27F2N4O8P.C22H21N2O7P.C14H19F2N3O6/c1-19(25(37)41-17-20-11-7-5-8-12-20)35-47(40,46-21-13-9-6-10-14-21)42-18-22-24(44-28(39)45-29(2,3)4)30(31,32)26(43-22)36-16-15-23(33)34-27(36)38;1-16(22(33)36-14-17-8-4-2-5-9-17)30-40(35,39-18-10-6-3-7-11-18)37-15-19-21(32)25(26,27)23(38-19)31-13-12-20(28)29-24(31)34;1-17(22(25)29-16-18-8-4-2-5-9-18)23-32(28,30-20-10-6-3-7-11-20)31-21-14-12-19(13-15-21)24(26)27;1-13(2,3)25-12(22)24-9-7(6-20)23-10(14(9,15)16)19-5-4-8(17)18-11(19)21/h5-16,19,22,24,26H,17-18H2,1-4H3,(H,35,40)(H2,33,34,38);2-13,16,19,21,23,32H,14-15H2,1H3,(H,30,35)(H2,28,29,34);2-15,17H,16H2,1H3,(H,23,28);4-5,7,9-10,20H,6H2,1-3H3,(H2,17,18,21)/t19-,22+,24?,26+,47-;16-,19+,21+,23+,40-;17-,32-;7-,9-,10-/m0001/s1. The zero-order valence-corrected chi connectivity index (χ0v) is 80.7. The number of esters is 3. The van der Waals surface area contributed by atoms with Gasteiger partial charge in [-0.05, 0) is 146 Å². The Bertz CT molecular complexity index is 6330. The summed E-state index contributed by atoms with van der Waals surface area (Å²) in [6.07, 6.45) is -18.8. The van der Waals surface area contributed by atoms with Crippen LogP contribution < -0.4 is 67.6 Å². The van der Waals surface area contributed by atoms with Crippen LogP contribution in [0.2, 0.25) is 0 Å². The number of nitro groups is 1. The molecule has 15 atom stereocenters. The van der Waals surface area contributed by atoms with E-state index in [1.54, 1.807) is 127 Å². The van der Waals surface area contributed by atoms with Crippen molar-refractivity contribution in [3.63, 3.8) is 0 Å². The molecule has 53 heteroatoms. The van der Waals surface area contributed by atoms with Crippen LogP contribution in [-0.2, 0) is 104 Å². The van der Waals surface area contributed by atoms with E-state index in [4.69, 9.17) is 87.0 Å². The van der Waals surface area contributed by atoms with Crippen molar-refractivity contribution in [2.75, 3.05) is 37.0 Å². The lowest BCUT2D eigenvalue weighted by atomic mass is 10.1. The Labute approximate surface area is 816 Å². The number of para-hydroxylation sites is 3. The largest absolute Gasteiger partial charge is 0.513 e. The highest BCUT2D eigenvalue weighted by atomic mass is 31.2. The van der Waals surface area contributed by atoms with Crippen LogP contribution in [0.1, 0.15) is 97.7 Å². The van der Waals surface area contributed by atoms with E-state index in [9.17, 15) is 89.9 Å². The maximum absolute atomic E-state index is 15.9. The van der Waals surface area contributed by atoms with Crippen LogP contribution in [0.3, 0.4) is 0 Å². The number of anilines is 3. The second-order valence-corrected chi connectivity index (χ2v) is 38.3. The molecule has 0 spiro atoms. The van der Waals surface area contributed by atoms with Gasteiger partial charge >= 0.3 is 88.3 Å². The highest BCUT2D eigenvalue weighted by Crippen LogP contribution is 2.52. The molecule has 3 aliphatic rings. The van der Waals surface area contributed by atoms with Gasteiger partial charge in [0.15, 0.2) is 6.10 Å².